The molecule has 0 aliphatic heterocycles. The largest absolute Gasteiger partial charge is 0.462 e. The average molecular weight is 422 g/mol. The predicted octanol–water partition coefficient (Wildman–Crippen LogP) is 3.83. The number of hydrogen-bond acceptors (Lipinski definition) is 6. The van der Waals surface area contributed by atoms with Gasteiger partial charge in [-0.05, 0) is 26.3 Å². The van der Waals surface area contributed by atoms with Crippen LogP contribution in [-0.4, -0.2) is 37.9 Å². The van der Waals surface area contributed by atoms with E-state index in [-0.39, 0.29) is 22.9 Å². The first-order valence-electron chi connectivity index (χ1n) is 8.72. The van der Waals surface area contributed by atoms with Crippen LogP contribution in [0.3, 0.4) is 0 Å². The number of esters is 1. The van der Waals surface area contributed by atoms with Gasteiger partial charge in [-0.3, -0.25) is 4.79 Å². The van der Waals surface area contributed by atoms with Crippen LogP contribution < -0.4 is 5.32 Å². The predicted molar refractivity (Wildman–Crippen MR) is 113 cm³/mol. The molecule has 1 aromatic heterocycles. The highest BCUT2D eigenvalue weighted by Crippen LogP contribution is 2.40. The molecule has 0 bridgehead atoms. The van der Waals surface area contributed by atoms with Crippen molar-refractivity contribution >= 4 is 38.1 Å². The fourth-order valence-corrected chi connectivity index (χ4v) is 4.74. The minimum absolute atomic E-state index is 0.180. The molecule has 1 unspecified atom stereocenters. The van der Waals surface area contributed by atoms with Gasteiger partial charge in [-0.2, -0.15) is 0 Å². The summed E-state index contributed by atoms with van der Waals surface area (Å²) in [5.41, 5.74) is 1.71. The molecule has 8 heteroatoms. The maximum Gasteiger partial charge on any atom is 0.341 e. The van der Waals surface area contributed by atoms with Crippen molar-refractivity contribution < 1.29 is 22.7 Å². The molecule has 1 atom stereocenters. The maximum absolute atomic E-state index is 12.6. The summed E-state index contributed by atoms with van der Waals surface area (Å²) in [5.74, 6) is -1.57. The highest BCUT2D eigenvalue weighted by atomic mass is 32.2. The van der Waals surface area contributed by atoms with Crippen molar-refractivity contribution in [1.29, 1.82) is 0 Å². The first kappa shape index (κ1) is 21.8. The first-order chi connectivity index (χ1) is 13.2. The number of benzene rings is 1. The number of nitrogens with one attached hydrogen (secondary N) is 1. The van der Waals surface area contributed by atoms with Crippen molar-refractivity contribution in [2.45, 2.75) is 26.0 Å². The molecule has 0 saturated heterocycles. The lowest BCUT2D eigenvalue weighted by atomic mass is 10.0. The summed E-state index contributed by atoms with van der Waals surface area (Å²) in [5, 5.41) is 1.61. The van der Waals surface area contributed by atoms with Gasteiger partial charge < -0.3 is 10.1 Å². The lowest BCUT2D eigenvalue weighted by Crippen LogP contribution is -2.33. The van der Waals surface area contributed by atoms with Crippen molar-refractivity contribution in [1.82, 2.24) is 0 Å². The maximum atomic E-state index is 12.6. The van der Waals surface area contributed by atoms with E-state index in [4.69, 9.17) is 4.74 Å². The van der Waals surface area contributed by atoms with E-state index >= 15 is 0 Å². The van der Waals surface area contributed by atoms with Crippen molar-refractivity contribution in [2.75, 3.05) is 17.7 Å². The van der Waals surface area contributed by atoms with Crippen LogP contribution in [0.1, 0.15) is 29.1 Å². The van der Waals surface area contributed by atoms with Crippen LogP contribution in [0.15, 0.2) is 43.0 Å². The fourth-order valence-electron chi connectivity index (χ4n) is 2.67. The van der Waals surface area contributed by atoms with Gasteiger partial charge in [0.05, 0.1) is 12.4 Å². The second-order valence-corrected chi connectivity index (χ2v) is 9.66. The summed E-state index contributed by atoms with van der Waals surface area (Å²) < 4.78 is 29.5. The average Bonchev–Trinajstić information content (AvgIpc) is 2.97. The Morgan fingerprint density at radius 2 is 1.93 bits per heavy atom. The Bertz CT molecular complexity index is 978. The Labute approximate surface area is 169 Å². The highest BCUT2D eigenvalue weighted by Gasteiger charge is 2.30. The molecule has 0 saturated carbocycles. The molecule has 2 rings (SSSR count). The van der Waals surface area contributed by atoms with Gasteiger partial charge in [0.25, 0.3) is 0 Å². The van der Waals surface area contributed by atoms with E-state index < -0.39 is 27.0 Å². The summed E-state index contributed by atoms with van der Waals surface area (Å²) >= 11 is 1.21. The number of carbonyl (C=O) groups is 2. The van der Waals surface area contributed by atoms with Crippen LogP contribution >= 0.6 is 11.3 Å². The molecule has 0 spiro atoms. The SMILES string of the molecule is C=CCS(=O)(=O)C(C)C(=O)Nc1sc(C)c(-c2ccccc2)c1C(=O)OCC. The molecule has 6 nitrogen and oxygen atoms in total. The van der Waals surface area contributed by atoms with Crippen LogP contribution in [0, 0.1) is 6.92 Å². The van der Waals surface area contributed by atoms with E-state index in [1.165, 1.54) is 24.3 Å². The number of amides is 1. The standard InChI is InChI=1S/C20H23NO5S2/c1-5-12-28(24,25)14(4)18(22)21-19-17(20(23)26-6-2)16(13(3)27-19)15-10-8-7-9-11-15/h5,7-11,14H,1,6,12H2,2-4H3,(H,21,22). The summed E-state index contributed by atoms with van der Waals surface area (Å²) in [6.07, 6.45) is 1.24. The molecule has 0 aliphatic rings. The van der Waals surface area contributed by atoms with Crippen LogP contribution in [0.5, 0.6) is 0 Å². The van der Waals surface area contributed by atoms with Gasteiger partial charge in [0, 0.05) is 10.4 Å². The fraction of sp³-hybridized carbons (Fsp3) is 0.300. The lowest BCUT2D eigenvalue weighted by Gasteiger charge is -2.13. The Hall–Kier alpha value is -2.45. The van der Waals surface area contributed by atoms with Gasteiger partial charge in [0.1, 0.15) is 15.8 Å². The van der Waals surface area contributed by atoms with Crippen LogP contribution in [0.2, 0.25) is 0 Å². The summed E-state index contributed by atoms with van der Waals surface area (Å²) in [7, 11) is -3.67. The number of rotatable bonds is 8. The van der Waals surface area contributed by atoms with Crippen molar-refractivity contribution in [3.63, 3.8) is 0 Å². The van der Waals surface area contributed by atoms with Crippen LogP contribution in [-0.2, 0) is 19.4 Å². The zero-order valence-corrected chi connectivity index (χ0v) is 17.7. The van der Waals surface area contributed by atoms with Gasteiger partial charge in [0.2, 0.25) is 5.91 Å². The molecule has 0 radical (unpaired) electrons. The van der Waals surface area contributed by atoms with Crippen molar-refractivity contribution in [3.8, 4) is 11.1 Å². The van der Waals surface area contributed by atoms with Crippen LogP contribution in [0.25, 0.3) is 11.1 Å². The number of ether oxygens (including phenoxy) is 1. The van der Waals surface area contributed by atoms with E-state index in [1.54, 1.807) is 6.92 Å². The zero-order valence-electron chi connectivity index (χ0n) is 16.0. The van der Waals surface area contributed by atoms with E-state index in [9.17, 15) is 18.0 Å². The van der Waals surface area contributed by atoms with Crippen molar-refractivity contribution in [3.05, 3.63) is 53.4 Å². The van der Waals surface area contributed by atoms with E-state index in [2.05, 4.69) is 11.9 Å². The molecule has 1 N–H and O–H groups in total. The van der Waals surface area contributed by atoms with Gasteiger partial charge >= 0.3 is 5.97 Å². The number of anilines is 1. The highest BCUT2D eigenvalue weighted by molar-refractivity contribution is 7.92. The smallest absolute Gasteiger partial charge is 0.341 e. The minimum Gasteiger partial charge on any atom is -0.462 e. The Morgan fingerprint density at radius 3 is 2.50 bits per heavy atom. The molecule has 2 aromatic rings. The number of carbonyl (C=O) groups excluding carboxylic acids is 2. The molecule has 1 amide bonds. The molecular formula is C20H23NO5S2. The van der Waals surface area contributed by atoms with Crippen molar-refractivity contribution in [2.24, 2.45) is 0 Å². The number of thiophene rings is 1. The molecule has 1 aromatic carbocycles. The van der Waals surface area contributed by atoms with Gasteiger partial charge in [0.15, 0.2) is 9.84 Å². The monoisotopic (exact) mass is 421 g/mol. The molecular weight excluding hydrogens is 398 g/mol. The topological polar surface area (TPSA) is 89.5 Å². The van der Waals surface area contributed by atoms with E-state index in [0.29, 0.717) is 5.56 Å². The van der Waals surface area contributed by atoms with Gasteiger partial charge in [-0.25, -0.2) is 13.2 Å². The third-order valence-electron chi connectivity index (χ3n) is 4.12. The second kappa shape index (κ2) is 9.16. The molecule has 1 heterocycles. The molecule has 0 fully saturated rings. The Balaban J connectivity index is 2.49. The zero-order chi connectivity index (χ0) is 20.9. The third kappa shape index (κ3) is 4.69. The Kier molecular flexibility index (Phi) is 7.15. The summed E-state index contributed by atoms with van der Waals surface area (Å²) in [6, 6.07) is 9.29. The van der Waals surface area contributed by atoms with Gasteiger partial charge in [-0.1, -0.05) is 36.4 Å². The van der Waals surface area contributed by atoms with E-state index in [0.717, 1.165) is 10.4 Å². The number of sulfone groups is 1. The normalized spacial score (nSPS) is 12.2. The quantitative estimate of drug-likeness (QED) is 0.517. The lowest BCUT2D eigenvalue weighted by molar-refractivity contribution is -0.115. The van der Waals surface area contributed by atoms with Gasteiger partial charge in [-0.15, -0.1) is 17.9 Å². The second-order valence-electron chi connectivity index (χ2n) is 6.07. The summed E-state index contributed by atoms with van der Waals surface area (Å²) in [6.45, 7) is 8.44. The summed E-state index contributed by atoms with van der Waals surface area (Å²) in [4.78, 5) is 26.0. The molecule has 28 heavy (non-hydrogen) atoms. The van der Waals surface area contributed by atoms with E-state index in [1.807, 2.05) is 37.3 Å². The number of hydrogen-bond donors (Lipinski definition) is 1. The Morgan fingerprint density at radius 1 is 1.29 bits per heavy atom. The first-order valence-corrected chi connectivity index (χ1v) is 11.2. The number of aryl methyl sites for hydroxylation is 1. The minimum atomic E-state index is -3.67. The molecule has 0 aliphatic carbocycles. The van der Waals surface area contributed by atoms with Crippen LogP contribution in [0.4, 0.5) is 5.00 Å². The molecule has 150 valence electrons. The third-order valence-corrected chi connectivity index (χ3v) is 7.13.